The Kier molecular flexibility index (Phi) is 19.9. The zero-order chi connectivity index (χ0) is 55.0. The Morgan fingerprint density at radius 1 is 0.210 bits per heavy atom. The largest absolute Gasteiger partial charge is 0.494 e. The van der Waals surface area contributed by atoms with Gasteiger partial charge in [0.25, 0.3) is 0 Å². The molecule has 10 aromatic rings. The molecule has 0 saturated carbocycles. The van der Waals surface area contributed by atoms with Crippen molar-refractivity contribution in [2.75, 3.05) is 26.4 Å². The van der Waals surface area contributed by atoms with E-state index in [0.29, 0.717) is 26.4 Å². The molecule has 1 N–H and O–H groups in total. The normalized spacial score (nSPS) is 11.5. The Hall–Kier alpha value is -8.64. The van der Waals surface area contributed by atoms with Crippen molar-refractivity contribution in [3.05, 3.63) is 335 Å². The van der Waals surface area contributed by atoms with Crippen molar-refractivity contribution >= 4 is 0 Å². The van der Waals surface area contributed by atoms with Crippen LogP contribution in [0.1, 0.15) is 107 Å². The van der Waals surface area contributed by atoms with Crippen LogP contribution in [0.4, 0.5) is 0 Å². The summed E-state index contributed by atoms with van der Waals surface area (Å²) in [4.78, 5) is 0. The van der Waals surface area contributed by atoms with Gasteiger partial charge in [0.05, 0.1) is 37.3 Å². The molecule has 0 fully saturated rings. The Labute approximate surface area is 481 Å². The van der Waals surface area contributed by atoms with Gasteiger partial charge in [-0.3, -0.25) is 0 Å². The molecular formula is C76H75NO4. The number of benzene rings is 10. The van der Waals surface area contributed by atoms with Crippen LogP contribution in [0.5, 0.6) is 23.0 Å². The highest BCUT2D eigenvalue weighted by Gasteiger charge is 2.39. The minimum absolute atomic E-state index is 0.457. The van der Waals surface area contributed by atoms with E-state index in [4.69, 9.17) is 18.9 Å². The first-order valence-corrected chi connectivity index (χ1v) is 29.1. The second kappa shape index (κ2) is 29.0. The number of ether oxygens (including phenoxy) is 4. The average Bonchev–Trinajstić information content (AvgIpc) is 3.57. The molecule has 10 rings (SSSR count). The summed E-state index contributed by atoms with van der Waals surface area (Å²) in [6.07, 6.45) is 8.43. The highest BCUT2D eigenvalue weighted by molar-refractivity contribution is 5.62. The molecule has 0 spiro atoms. The number of hydrogen-bond acceptors (Lipinski definition) is 5. The van der Waals surface area contributed by atoms with Crippen molar-refractivity contribution in [2.24, 2.45) is 0 Å². The second-order valence-corrected chi connectivity index (χ2v) is 20.9. The lowest BCUT2D eigenvalue weighted by atomic mass is 9.65. The smallest absolute Gasteiger partial charge is 0.119 e. The van der Waals surface area contributed by atoms with Crippen LogP contribution in [0, 0.1) is 0 Å². The average molecular weight is 1070 g/mol. The zero-order valence-electron chi connectivity index (χ0n) is 46.6. The number of unbranched alkanes of at least 4 members (excludes halogenated alkanes) is 6. The maximum absolute atomic E-state index is 6.25. The van der Waals surface area contributed by atoms with Gasteiger partial charge in [0.1, 0.15) is 23.0 Å². The minimum Gasteiger partial charge on any atom is -0.494 e. The highest BCUT2D eigenvalue weighted by Crippen LogP contribution is 2.47. The molecular weight excluding hydrogens is 991 g/mol. The molecule has 5 heteroatoms. The molecule has 0 aliphatic rings. The Morgan fingerprint density at radius 3 is 0.630 bits per heavy atom. The maximum atomic E-state index is 6.25. The molecule has 0 heterocycles. The van der Waals surface area contributed by atoms with Gasteiger partial charge in [0, 0.05) is 13.1 Å². The van der Waals surface area contributed by atoms with E-state index in [9.17, 15) is 0 Å². The lowest BCUT2D eigenvalue weighted by molar-refractivity contribution is 0.287. The molecule has 0 aliphatic carbocycles. The van der Waals surface area contributed by atoms with E-state index in [1.54, 1.807) is 0 Å². The molecule has 0 amide bonds. The highest BCUT2D eigenvalue weighted by atomic mass is 16.5. The van der Waals surface area contributed by atoms with E-state index in [2.05, 4.69) is 284 Å². The number of nitrogens with one attached hydrogen (secondary N) is 1. The van der Waals surface area contributed by atoms with Crippen molar-refractivity contribution in [1.29, 1.82) is 0 Å². The van der Waals surface area contributed by atoms with Crippen molar-refractivity contribution in [3.8, 4) is 23.0 Å². The molecule has 0 atom stereocenters. The summed E-state index contributed by atoms with van der Waals surface area (Å²) in [7, 11) is 0. The summed E-state index contributed by atoms with van der Waals surface area (Å²) < 4.78 is 24.7. The summed E-state index contributed by atoms with van der Waals surface area (Å²) in [6.45, 7) is 4.38. The molecule has 0 radical (unpaired) electrons. The molecule has 0 aliphatic heterocycles. The van der Waals surface area contributed by atoms with Gasteiger partial charge in [-0.05, 0) is 156 Å². The van der Waals surface area contributed by atoms with Gasteiger partial charge < -0.3 is 24.3 Å². The minimum atomic E-state index is -0.457. The zero-order valence-corrected chi connectivity index (χ0v) is 46.6. The fourth-order valence-corrected chi connectivity index (χ4v) is 11.4. The first-order chi connectivity index (χ1) is 40.2. The van der Waals surface area contributed by atoms with Crippen LogP contribution in [0.3, 0.4) is 0 Å². The Morgan fingerprint density at radius 2 is 0.407 bits per heavy atom. The van der Waals surface area contributed by atoms with Crippen LogP contribution in [0.2, 0.25) is 0 Å². The summed E-state index contributed by atoms with van der Waals surface area (Å²) >= 11 is 0. The van der Waals surface area contributed by atoms with Crippen LogP contribution in [0.15, 0.2) is 279 Å². The van der Waals surface area contributed by atoms with Crippen LogP contribution in [-0.4, -0.2) is 26.4 Å². The topological polar surface area (TPSA) is 49.0 Å². The Balaban J connectivity index is 0.575. The van der Waals surface area contributed by atoms with Crippen molar-refractivity contribution in [3.63, 3.8) is 0 Å². The van der Waals surface area contributed by atoms with Crippen molar-refractivity contribution in [1.82, 2.24) is 5.32 Å². The second-order valence-electron chi connectivity index (χ2n) is 20.9. The molecule has 81 heavy (non-hydrogen) atoms. The quantitative estimate of drug-likeness (QED) is 0.0359. The van der Waals surface area contributed by atoms with E-state index < -0.39 is 10.8 Å². The van der Waals surface area contributed by atoms with Gasteiger partial charge in [0.2, 0.25) is 0 Å². The maximum Gasteiger partial charge on any atom is 0.119 e. The molecule has 10 aromatic carbocycles. The van der Waals surface area contributed by atoms with Gasteiger partial charge in [-0.1, -0.05) is 231 Å². The van der Waals surface area contributed by atoms with E-state index in [1.807, 2.05) is 0 Å². The van der Waals surface area contributed by atoms with Gasteiger partial charge in [-0.15, -0.1) is 0 Å². The third kappa shape index (κ3) is 14.2. The first kappa shape index (κ1) is 55.7. The summed E-state index contributed by atoms with van der Waals surface area (Å²) in [6, 6.07) is 99.2. The molecule has 0 saturated heterocycles. The molecule has 0 aromatic heterocycles. The van der Waals surface area contributed by atoms with Gasteiger partial charge in [0.15, 0.2) is 0 Å². The summed E-state index contributed by atoms with van der Waals surface area (Å²) in [5.41, 5.74) is 11.4. The third-order valence-electron chi connectivity index (χ3n) is 15.5. The molecule has 0 bridgehead atoms. The van der Waals surface area contributed by atoms with Crippen LogP contribution >= 0.6 is 0 Å². The number of hydrogen-bond donors (Lipinski definition) is 1. The van der Waals surface area contributed by atoms with Gasteiger partial charge in [-0.25, -0.2) is 0 Å². The standard InChI is InChI=1S/C76H75NO4/c1(3-25-57-80-73-51-43-69(44-52-73)75(63-27-11-5-12-28-63,64-29-13-6-14-30-64)65-31-15-7-16-32-65)23-55-78-71-47-39-61(40-48-71)59-77-60-62-41-49-72(50-42-62)79-56-24-2-4-26-58-81-74-53-45-70(46-54-74)76(66-33-17-8-18-34-66,67-35-19-9-20-36-67)68-37-21-10-22-38-68/h5-22,27-54,77H,1-4,23-26,55-60H2. The Bertz CT molecular complexity index is 2920. The monoisotopic (exact) mass is 1070 g/mol. The lowest BCUT2D eigenvalue weighted by Crippen LogP contribution is -2.30. The van der Waals surface area contributed by atoms with Crippen LogP contribution in [0.25, 0.3) is 0 Å². The van der Waals surface area contributed by atoms with Gasteiger partial charge in [-0.2, -0.15) is 0 Å². The fourth-order valence-electron chi connectivity index (χ4n) is 11.4. The summed E-state index contributed by atoms with van der Waals surface area (Å²) in [5.74, 6) is 3.62. The van der Waals surface area contributed by atoms with Crippen molar-refractivity contribution < 1.29 is 18.9 Å². The molecule has 5 nitrogen and oxygen atoms in total. The van der Waals surface area contributed by atoms with Crippen LogP contribution < -0.4 is 24.3 Å². The van der Waals surface area contributed by atoms with Gasteiger partial charge >= 0.3 is 0 Å². The molecule has 0 unspecified atom stereocenters. The van der Waals surface area contributed by atoms with Crippen LogP contribution in [-0.2, 0) is 23.9 Å². The predicted octanol–water partition coefficient (Wildman–Crippen LogP) is 17.8. The number of rotatable bonds is 30. The van der Waals surface area contributed by atoms with Crippen molar-refractivity contribution in [2.45, 2.75) is 75.3 Å². The predicted molar refractivity (Wildman–Crippen MR) is 332 cm³/mol. The molecule has 408 valence electrons. The van der Waals surface area contributed by atoms with E-state index in [1.165, 1.54) is 55.6 Å². The lowest BCUT2D eigenvalue weighted by Gasteiger charge is -2.36. The SMILES string of the molecule is c1ccc(C(c2ccccc2)(c2ccccc2)c2ccc(OCCCCCCOc3ccc(CNCc4ccc(OCCCCCCOc5ccc(C(c6ccccc6)(c6ccccc6)c6ccccc6)cc5)cc4)cc3)cc2)cc1. The third-order valence-corrected chi connectivity index (χ3v) is 15.5. The van der Waals surface area contributed by atoms with E-state index in [0.717, 1.165) is 87.5 Å². The van der Waals surface area contributed by atoms with E-state index >= 15 is 0 Å². The van der Waals surface area contributed by atoms with E-state index in [-0.39, 0.29) is 0 Å². The summed E-state index contributed by atoms with van der Waals surface area (Å²) in [5, 5.41) is 3.58. The first-order valence-electron chi connectivity index (χ1n) is 29.1. The fraction of sp³-hybridized carbons (Fsp3) is 0.211.